The van der Waals surface area contributed by atoms with Gasteiger partial charge in [-0.1, -0.05) is 267 Å². The maximum Gasteiger partial charge on any atom is 0.222 e. The summed E-state index contributed by atoms with van der Waals surface area (Å²) in [5.74, 6) is 6.33. The Bertz CT molecular complexity index is 1180. The van der Waals surface area contributed by atoms with Crippen molar-refractivity contribution in [3.05, 3.63) is 0 Å². The highest BCUT2D eigenvalue weighted by molar-refractivity contribution is 5.76. The molecule has 382 valence electrons. The lowest BCUT2D eigenvalue weighted by Crippen LogP contribution is -2.53. The Labute approximate surface area is 409 Å². The van der Waals surface area contributed by atoms with E-state index in [4.69, 9.17) is 0 Å². The summed E-state index contributed by atoms with van der Waals surface area (Å²) in [7, 11) is 0. The summed E-state index contributed by atoms with van der Waals surface area (Å²) in [5.41, 5.74) is 0.971. The fourth-order valence-corrected chi connectivity index (χ4v) is 15.8. The van der Waals surface area contributed by atoms with Gasteiger partial charge < -0.3 is 4.90 Å². The van der Waals surface area contributed by atoms with Crippen LogP contribution in [0.1, 0.15) is 331 Å². The number of hydrogen-bond acceptors (Lipinski definition) is 1. The molecule has 0 aromatic rings. The predicted octanol–water partition coefficient (Wildman–Crippen LogP) is 20.8. The van der Waals surface area contributed by atoms with Crippen molar-refractivity contribution in [1.82, 2.24) is 4.90 Å². The van der Waals surface area contributed by atoms with Crippen LogP contribution in [0.4, 0.5) is 0 Å². The SMILES string of the molecule is CCCCCCCCCCCCCCCCCCN(C(=O)CCCCCCCCCCCCCCCCC)C1C[C@H]2[C@@H]3CCC4CCCC[C@]4(C)[C@H]3CC[C@]2(C)[C@H]1[C@H](C)CCCC(C)C. The minimum atomic E-state index is 0.392. The summed E-state index contributed by atoms with van der Waals surface area (Å²) in [6.45, 7) is 18.7. The average Bonchev–Trinajstić information content (AvgIpc) is 3.61. The molecule has 2 unspecified atom stereocenters. The summed E-state index contributed by atoms with van der Waals surface area (Å²) >= 11 is 0. The molecule has 4 rings (SSSR count). The van der Waals surface area contributed by atoms with Crippen LogP contribution in [0, 0.1) is 52.3 Å². The maximum atomic E-state index is 14.9. The van der Waals surface area contributed by atoms with Crippen molar-refractivity contribution in [2.75, 3.05) is 6.54 Å². The molecule has 2 nitrogen and oxygen atoms in total. The number of carbonyl (C=O) groups excluding carboxylic acids is 1. The quantitative estimate of drug-likeness (QED) is 0.0563. The second-order valence-electron chi connectivity index (χ2n) is 25.2. The molecule has 65 heavy (non-hydrogen) atoms. The second kappa shape index (κ2) is 33.1. The van der Waals surface area contributed by atoms with Crippen molar-refractivity contribution in [3.8, 4) is 0 Å². The fourth-order valence-electron chi connectivity index (χ4n) is 15.8. The normalized spacial score (nSPS) is 28.0. The molecule has 4 aliphatic carbocycles. The lowest BCUT2D eigenvalue weighted by atomic mass is 9.44. The molecular weight excluding hydrogens is 787 g/mol. The fraction of sp³-hybridized carbons (Fsp3) is 0.984. The van der Waals surface area contributed by atoms with E-state index in [1.807, 2.05) is 0 Å². The van der Waals surface area contributed by atoms with E-state index in [0.717, 1.165) is 49.0 Å². The van der Waals surface area contributed by atoms with Gasteiger partial charge in [-0.2, -0.15) is 0 Å². The van der Waals surface area contributed by atoms with Gasteiger partial charge in [-0.25, -0.2) is 0 Å². The summed E-state index contributed by atoms with van der Waals surface area (Å²) in [4.78, 5) is 17.5. The van der Waals surface area contributed by atoms with Crippen molar-refractivity contribution in [2.45, 2.75) is 337 Å². The van der Waals surface area contributed by atoms with Crippen LogP contribution in [0.15, 0.2) is 0 Å². The minimum Gasteiger partial charge on any atom is -0.339 e. The number of carbonyl (C=O) groups is 1. The Balaban J connectivity index is 1.32. The number of unbranched alkanes of at least 4 members (excludes halogenated alkanes) is 29. The third-order valence-electron chi connectivity index (χ3n) is 19.7. The van der Waals surface area contributed by atoms with E-state index in [-0.39, 0.29) is 0 Å². The van der Waals surface area contributed by atoms with Gasteiger partial charge in [0, 0.05) is 19.0 Å². The highest BCUT2D eigenvalue weighted by Crippen LogP contribution is 2.69. The topological polar surface area (TPSA) is 20.3 Å². The first-order chi connectivity index (χ1) is 31.7. The molecule has 0 saturated heterocycles. The van der Waals surface area contributed by atoms with Gasteiger partial charge in [0.15, 0.2) is 0 Å². The molecule has 4 saturated carbocycles. The van der Waals surface area contributed by atoms with Crippen molar-refractivity contribution < 1.29 is 4.79 Å². The Morgan fingerprint density at radius 3 is 1.46 bits per heavy atom. The van der Waals surface area contributed by atoms with Gasteiger partial charge in [0.05, 0.1) is 0 Å². The van der Waals surface area contributed by atoms with Crippen molar-refractivity contribution in [3.63, 3.8) is 0 Å². The molecule has 0 heterocycles. The van der Waals surface area contributed by atoms with E-state index in [1.165, 1.54) is 270 Å². The molecule has 4 fully saturated rings. The lowest BCUT2D eigenvalue weighted by Gasteiger charge is -2.60. The summed E-state index contributed by atoms with van der Waals surface area (Å²) in [6.07, 6.45) is 61.3. The van der Waals surface area contributed by atoms with Crippen molar-refractivity contribution >= 4 is 5.91 Å². The highest BCUT2D eigenvalue weighted by Gasteiger charge is 2.63. The van der Waals surface area contributed by atoms with Crippen LogP contribution in [-0.2, 0) is 4.79 Å². The van der Waals surface area contributed by atoms with Crippen LogP contribution >= 0.6 is 0 Å². The first-order valence-electron chi connectivity index (χ1n) is 31.0. The van der Waals surface area contributed by atoms with Crippen LogP contribution in [-0.4, -0.2) is 23.4 Å². The van der Waals surface area contributed by atoms with Gasteiger partial charge in [-0.05, 0) is 110 Å². The molecule has 0 N–H and O–H groups in total. The Kier molecular flexibility index (Phi) is 29.1. The van der Waals surface area contributed by atoms with E-state index in [2.05, 4.69) is 53.4 Å². The Morgan fingerprint density at radius 2 is 0.969 bits per heavy atom. The molecule has 0 spiro atoms. The molecular formula is C63H119NO. The monoisotopic (exact) mass is 906 g/mol. The standard InChI is InChI=1S/C63H119NO/c1-8-10-12-14-16-18-20-22-24-26-28-30-32-34-36-40-51-64(60(65)45-37-35-33-31-29-27-25-23-21-19-17-15-13-11-9-2)59-52-58-56-47-46-55-44-38-39-49-62(55,6)57(56)48-50-63(58,7)61(59)54(5)43-41-42-53(3)4/h53-59,61H,8-52H2,1-7H3/t54-,55?,56-,57+,58+,59?,61+,62+,63+/m1/s1. The van der Waals surface area contributed by atoms with Crippen LogP contribution in [0.3, 0.4) is 0 Å². The van der Waals surface area contributed by atoms with Crippen LogP contribution in [0.2, 0.25) is 0 Å². The van der Waals surface area contributed by atoms with Crippen LogP contribution in [0.5, 0.6) is 0 Å². The lowest BCUT2D eigenvalue weighted by molar-refractivity contribution is -0.136. The largest absolute Gasteiger partial charge is 0.339 e. The van der Waals surface area contributed by atoms with Gasteiger partial charge in [-0.3, -0.25) is 4.79 Å². The molecule has 2 heteroatoms. The molecule has 0 bridgehead atoms. The van der Waals surface area contributed by atoms with E-state index in [9.17, 15) is 4.79 Å². The first kappa shape index (κ1) is 57.1. The molecule has 0 aromatic heterocycles. The minimum absolute atomic E-state index is 0.392. The summed E-state index contributed by atoms with van der Waals surface area (Å²) < 4.78 is 0. The Hall–Kier alpha value is -0.530. The van der Waals surface area contributed by atoms with Crippen molar-refractivity contribution in [1.29, 1.82) is 0 Å². The Morgan fingerprint density at radius 1 is 0.492 bits per heavy atom. The van der Waals surface area contributed by atoms with E-state index < -0.39 is 0 Å². The zero-order valence-electron chi connectivity index (χ0n) is 45.8. The van der Waals surface area contributed by atoms with Crippen molar-refractivity contribution in [2.24, 2.45) is 52.3 Å². The summed E-state index contributed by atoms with van der Waals surface area (Å²) in [5, 5.41) is 0. The van der Waals surface area contributed by atoms with Gasteiger partial charge in [0.1, 0.15) is 0 Å². The molecule has 0 aromatic carbocycles. The molecule has 1 amide bonds. The second-order valence-corrected chi connectivity index (χ2v) is 25.2. The van der Waals surface area contributed by atoms with Gasteiger partial charge >= 0.3 is 0 Å². The zero-order chi connectivity index (χ0) is 46.6. The molecule has 4 aliphatic rings. The van der Waals surface area contributed by atoms with Gasteiger partial charge in [0.25, 0.3) is 0 Å². The smallest absolute Gasteiger partial charge is 0.222 e. The van der Waals surface area contributed by atoms with Crippen LogP contribution < -0.4 is 0 Å². The van der Waals surface area contributed by atoms with Crippen LogP contribution in [0.25, 0.3) is 0 Å². The number of amides is 1. The summed E-state index contributed by atoms with van der Waals surface area (Å²) in [6, 6.07) is 0.467. The molecule has 0 radical (unpaired) electrons. The number of fused-ring (bicyclic) bond motifs is 5. The zero-order valence-corrected chi connectivity index (χ0v) is 45.8. The van der Waals surface area contributed by atoms with Gasteiger partial charge in [-0.15, -0.1) is 0 Å². The van der Waals surface area contributed by atoms with Gasteiger partial charge in [0.2, 0.25) is 5.91 Å². The third kappa shape index (κ3) is 19.3. The first-order valence-corrected chi connectivity index (χ1v) is 31.0. The number of nitrogens with zero attached hydrogens (tertiary/aromatic N) is 1. The maximum absolute atomic E-state index is 14.9. The third-order valence-corrected chi connectivity index (χ3v) is 19.7. The average molecular weight is 907 g/mol. The molecule has 9 atom stereocenters. The number of hydrogen-bond donors (Lipinski definition) is 0. The number of rotatable bonds is 39. The van der Waals surface area contributed by atoms with E-state index >= 15 is 0 Å². The highest BCUT2D eigenvalue weighted by atomic mass is 16.2. The molecule has 0 aliphatic heterocycles. The predicted molar refractivity (Wildman–Crippen MR) is 288 cm³/mol. The van der Waals surface area contributed by atoms with E-state index in [0.29, 0.717) is 34.6 Å². The van der Waals surface area contributed by atoms with E-state index in [1.54, 1.807) is 0 Å².